The van der Waals surface area contributed by atoms with Crippen molar-refractivity contribution in [2.24, 2.45) is 7.05 Å². The van der Waals surface area contributed by atoms with E-state index in [1.54, 1.807) is 22.4 Å². The van der Waals surface area contributed by atoms with Gasteiger partial charge in [0.2, 0.25) is 0 Å². The molecule has 0 aliphatic carbocycles. The molecule has 0 fully saturated rings. The monoisotopic (exact) mass is 402 g/mol. The quantitative estimate of drug-likeness (QED) is 0.530. The van der Waals surface area contributed by atoms with E-state index in [9.17, 15) is 4.79 Å². The standard InChI is InChI=1S/C23H22N4OS/c1-26-21-7-9-24-14-19(21)18-5-3-16(12-22(18)26)27-10-8-15(11-23(27)28)20-6-4-17(29-2)13-25-20/h3-6,8,10-13,24H,7,9,14H2,1-2H3. The van der Waals surface area contributed by atoms with Gasteiger partial charge in [-0.3, -0.25) is 14.3 Å². The average molecular weight is 403 g/mol. The van der Waals surface area contributed by atoms with Gasteiger partial charge in [0.15, 0.2) is 0 Å². The zero-order chi connectivity index (χ0) is 20.0. The maximum atomic E-state index is 12.9. The van der Waals surface area contributed by atoms with Crippen LogP contribution in [0.15, 0.2) is 64.5 Å². The Morgan fingerprint density at radius 2 is 2.03 bits per heavy atom. The van der Waals surface area contributed by atoms with Gasteiger partial charge in [0.25, 0.3) is 5.56 Å². The summed E-state index contributed by atoms with van der Waals surface area (Å²) in [5, 5.41) is 4.72. The second-order valence-electron chi connectivity index (χ2n) is 7.32. The molecule has 4 aromatic rings. The largest absolute Gasteiger partial charge is 0.347 e. The second kappa shape index (κ2) is 7.21. The minimum absolute atomic E-state index is 0.0572. The molecule has 146 valence electrons. The molecule has 1 aliphatic heterocycles. The molecule has 5 nitrogen and oxygen atoms in total. The Labute approximate surface area is 173 Å². The van der Waals surface area contributed by atoms with Crippen molar-refractivity contribution in [2.45, 2.75) is 17.9 Å². The average Bonchev–Trinajstić information content (AvgIpc) is 3.06. The van der Waals surface area contributed by atoms with Crippen LogP contribution in [0.3, 0.4) is 0 Å². The summed E-state index contributed by atoms with van der Waals surface area (Å²) in [5.41, 5.74) is 6.40. The first-order valence-corrected chi connectivity index (χ1v) is 10.9. The Kier molecular flexibility index (Phi) is 4.53. The fourth-order valence-corrected chi connectivity index (χ4v) is 4.53. The van der Waals surface area contributed by atoms with Gasteiger partial charge in [-0.2, -0.15) is 0 Å². The lowest BCUT2D eigenvalue weighted by molar-refractivity contribution is 0.622. The van der Waals surface area contributed by atoms with Crippen molar-refractivity contribution < 1.29 is 0 Å². The van der Waals surface area contributed by atoms with Crippen LogP contribution in [-0.2, 0) is 20.0 Å². The van der Waals surface area contributed by atoms with Crippen LogP contribution >= 0.6 is 11.8 Å². The van der Waals surface area contributed by atoms with E-state index in [1.807, 2.05) is 42.9 Å². The van der Waals surface area contributed by atoms with Crippen LogP contribution in [0.1, 0.15) is 11.3 Å². The minimum atomic E-state index is -0.0572. The molecule has 0 saturated heterocycles. The lowest BCUT2D eigenvalue weighted by Gasteiger charge is -2.14. The number of hydrogen-bond acceptors (Lipinski definition) is 4. The molecular weight excluding hydrogens is 380 g/mol. The molecule has 1 aromatic carbocycles. The van der Waals surface area contributed by atoms with Gasteiger partial charge in [-0.1, -0.05) is 6.07 Å². The van der Waals surface area contributed by atoms with Gasteiger partial charge in [0.1, 0.15) is 0 Å². The van der Waals surface area contributed by atoms with Crippen molar-refractivity contribution in [3.8, 4) is 16.9 Å². The van der Waals surface area contributed by atoms with Gasteiger partial charge in [-0.15, -0.1) is 11.8 Å². The molecular formula is C23H22N4OS. The molecule has 4 heterocycles. The summed E-state index contributed by atoms with van der Waals surface area (Å²) >= 11 is 1.65. The molecule has 0 unspecified atom stereocenters. The first-order chi connectivity index (χ1) is 14.2. The third kappa shape index (κ3) is 3.09. The van der Waals surface area contributed by atoms with Gasteiger partial charge in [-0.05, 0) is 42.2 Å². The van der Waals surface area contributed by atoms with Crippen LogP contribution in [-0.4, -0.2) is 26.9 Å². The molecule has 5 rings (SSSR count). The number of benzene rings is 1. The molecule has 1 aliphatic rings. The summed E-state index contributed by atoms with van der Waals surface area (Å²) in [6, 6.07) is 13.9. The number of aromatic nitrogens is 3. The number of aryl methyl sites for hydroxylation is 1. The summed E-state index contributed by atoms with van der Waals surface area (Å²) in [5.74, 6) is 0. The Morgan fingerprint density at radius 1 is 1.14 bits per heavy atom. The lowest BCUT2D eigenvalue weighted by atomic mass is 10.1. The molecule has 0 saturated carbocycles. The van der Waals surface area contributed by atoms with E-state index in [4.69, 9.17) is 0 Å². The van der Waals surface area contributed by atoms with Gasteiger partial charge < -0.3 is 9.88 Å². The summed E-state index contributed by atoms with van der Waals surface area (Å²) in [4.78, 5) is 18.4. The number of nitrogens with zero attached hydrogens (tertiary/aromatic N) is 3. The molecule has 0 radical (unpaired) electrons. The highest BCUT2D eigenvalue weighted by Gasteiger charge is 2.18. The van der Waals surface area contributed by atoms with E-state index in [-0.39, 0.29) is 5.56 Å². The highest BCUT2D eigenvalue weighted by Crippen LogP contribution is 2.29. The fourth-order valence-electron chi connectivity index (χ4n) is 4.17. The van der Waals surface area contributed by atoms with Crippen LogP contribution in [0.25, 0.3) is 27.8 Å². The van der Waals surface area contributed by atoms with Crippen LogP contribution in [0.2, 0.25) is 0 Å². The zero-order valence-electron chi connectivity index (χ0n) is 16.5. The smallest absolute Gasteiger partial charge is 0.255 e. The van der Waals surface area contributed by atoms with Crippen LogP contribution in [0.4, 0.5) is 0 Å². The lowest BCUT2D eigenvalue weighted by Crippen LogP contribution is -2.24. The molecule has 3 aromatic heterocycles. The molecule has 6 heteroatoms. The highest BCUT2D eigenvalue weighted by molar-refractivity contribution is 7.98. The molecule has 1 N–H and O–H groups in total. The van der Waals surface area contributed by atoms with E-state index in [1.165, 1.54) is 22.2 Å². The first kappa shape index (κ1) is 18.2. The number of rotatable bonds is 3. The van der Waals surface area contributed by atoms with Gasteiger partial charge >= 0.3 is 0 Å². The van der Waals surface area contributed by atoms with Crippen molar-refractivity contribution >= 4 is 22.7 Å². The van der Waals surface area contributed by atoms with Crippen molar-refractivity contribution in [3.05, 3.63) is 76.5 Å². The second-order valence-corrected chi connectivity index (χ2v) is 8.20. The summed E-state index contributed by atoms with van der Waals surface area (Å²) in [6.45, 7) is 1.92. The Bertz CT molecular complexity index is 1270. The van der Waals surface area contributed by atoms with Crippen molar-refractivity contribution in [1.29, 1.82) is 0 Å². The summed E-state index contributed by atoms with van der Waals surface area (Å²) in [6.07, 6.45) is 6.74. The van der Waals surface area contributed by atoms with Crippen LogP contribution in [0.5, 0.6) is 0 Å². The number of thioether (sulfide) groups is 1. The third-order valence-corrected chi connectivity index (χ3v) is 6.44. The Hall–Kier alpha value is -2.83. The predicted molar refractivity (Wildman–Crippen MR) is 119 cm³/mol. The van der Waals surface area contributed by atoms with E-state index in [0.29, 0.717) is 0 Å². The van der Waals surface area contributed by atoms with Crippen LogP contribution < -0.4 is 10.9 Å². The molecule has 0 spiro atoms. The van der Waals surface area contributed by atoms with E-state index < -0.39 is 0 Å². The maximum Gasteiger partial charge on any atom is 0.255 e. The van der Waals surface area contributed by atoms with E-state index in [2.05, 4.69) is 34.0 Å². The summed E-state index contributed by atoms with van der Waals surface area (Å²) < 4.78 is 3.97. The Morgan fingerprint density at radius 3 is 2.79 bits per heavy atom. The Balaban J connectivity index is 1.56. The SMILES string of the molecule is CSc1ccc(-c2ccn(-c3ccc4c5c(n(C)c4c3)CCNC5)c(=O)c2)nc1. The van der Waals surface area contributed by atoms with Gasteiger partial charge in [0.05, 0.1) is 16.9 Å². The number of fused-ring (bicyclic) bond motifs is 3. The van der Waals surface area contributed by atoms with Crippen molar-refractivity contribution in [3.63, 3.8) is 0 Å². The predicted octanol–water partition coefficient (Wildman–Crippen LogP) is 3.76. The maximum absolute atomic E-state index is 12.9. The number of nitrogens with one attached hydrogen (secondary N) is 1. The highest BCUT2D eigenvalue weighted by atomic mass is 32.2. The topological polar surface area (TPSA) is 51.9 Å². The van der Waals surface area contributed by atoms with Crippen LogP contribution in [0, 0.1) is 0 Å². The van der Waals surface area contributed by atoms with Crippen molar-refractivity contribution in [2.75, 3.05) is 12.8 Å². The normalized spacial score (nSPS) is 13.6. The zero-order valence-corrected chi connectivity index (χ0v) is 17.3. The number of hydrogen-bond donors (Lipinski definition) is 1. The van der Waals surface area contributed by atoms with Gasteiger partial charge in [0, 0.05) is 66.6 Å². The minimum Gasteiger partial charge on any atom is -0.347 e. The first-order valence-electron chi connectivity index (χ1n) is 9.70. The molecule has 29 heavy (non-hydrogen) atoms. The van der Waals surface area contributed by atoms with E-state index >= 15 is 0 Å². The molecule has 0 bridgehead atoms. The molecule has 0 atom stereocenters. The third-order valence-electron chi connectivity index (χ3n) is 5.73. The fraction of sp³-hybridized carbons (Fsp3) is 0.217. The number of pyridine rings is 2. The summed E-state index contributed by atoms with van der Waals surface area (Å²) in [7, 11) is 2.12. The van der Waals surface area contributed by atoms with Crippen molar-refractivity contribution in [1.82, 2.24) is 19.4 Å². The van der Waals surface area contributed by atoms with Gasteiger partial charge in [-0.25, -0.2) is 0 Å². The van der Waals surface area contributed by atoms with E-state index in [0.717, 1.165) is 41.4 Å². The molecule has 0 amide bonds.